The zero-order chi connectivity index (χ0) is 20.4. The topological polar surface area (TPSA) is 67.4 Å². The minimum absolute atomic E-state index is 0.278. The molecule has 6 nitrogen and oxygen atoms in total. The lowest BCUT2D eigenvalue weighted by molar-refractivity contribution is 0.0364. The predicted octanol–water partition coefficient (Wildman–Crippen LogP) is 4.28. The fourth-order valence-electron chi connectivity index (χ4n) is 2.33. The maximum atomic E-state index is 12.0. The fourth-order valence-corrected chi connectivity index (χ4v) is 3.36. The molecule has 1 aromatic carbocycles. The van der Waals surface area contributed by atoms with E-state index in [1.807, 2.05) is 23.1 Å². The summed E-state index contributed by atoms with van der Waals surface area (Å²) in [6.45, 7) is 11.0. The van der Waals surface area contributed by atoms with Crippen LogP contribution in [-0.4, -0.2) is 35.6 Å². The van der Waals surface area contributed by atoms with Crippen molar-refractivity contribution in [2.75, 3.05) is 24.6 Å². The Kier molecular flexibility index (Phi) is 9.00. The summed E-state index contributed by atoms with van der Waals surface area (Å²) in [7, 11) is 0. The molecule has 0 unspecified atom stereocenters. The Hall–Kier alpha value is -2.35. The summed E-state index contributed by atoms with van der Waals surface area (Å²) in [6, 6.07) is 9.04. The number of nitrogens with zero attached hydrogens (tertiary/aromatic N) is 3. The van der Waals surface area contributed by atoms with Crippen molar-refractivity contribution in [3.05, 3.63) is 71.9 Å². The van der Waals surface area contributed by atoms with Crippen LogP contribution in [0.25, 0.3) is 0 Å². The number of hydroxylamine groups is 1. The Balaban J connectivity index is 2.11. The van der Waals surface area contributed by atoms with Crippen molar-refractivity contribution in [3.8, 4) is 0 Å². The first-order valence-electron chi connectivity index (χ1n) is 8.72. The van der Waals surface area contributed by atoms with Gasteiger partial charge in [0.1, 0.15) is 11.0 Å². The second-order valence-corrected chi connectivity index (χ2v) is 7.00. The zero-order valence-corrected chi connectivity index (χ0v) is 17.3. The van der Waals surface area contributed by atoms with E-state index >= 15 is 0 Å². The van der Waals surface area contributed by atoms with Crippen LogP contribution in [-0.2, 0) is 10.6 Å². The molecule has 1 aromatic heterocycles. The Morgan fingerprint density at radius 2 is 2.04 bits per heavy atom. The predicted molar refractivity (Wildman–Crippen MR) is 115 cm³/mol. The molecule has 0 saturated heterocycles. The van der Waals surface area contributed by atoms with Gasteiger partial charge in [-0.3, -0.25) is 9.63 Å². The minimum Gasteiger partial charge on any atom is -0.349 e. The van der Waals surface area contributed by atoms with Crippen LogP contribution in [0.5, 0.6) is 0 Å². The highest BCUT2D eigenvalue weighted by Gasteiger charge is 2.11. The number of amides is 1. The number of hydrogen-bond donors (Lipinski definition) is 1. The van der Waals surface area contributed by atoms with Gasteiger partial charge in [-0.15, -0.1) is 13.2 Å². The van der Waals surface area contributed by atoms with Gasteiger partial charge in [-0.2, -0.15) is 0 Å². The van der Waals surface area contributed by atoms with Crippen molar-refractivity contribution in [2.45, 2.75) is 17.8 Å². The van der Waals surface area contributed by atoms with Crippen LogP contribution < -0.4 is 10.4 Å². The third-order valence-electron chi connectivity index (χ3n) is 3.55. The second-order valence-electron chi connectivity index (χ2n) is 5.67. The van der Waals surface area contributed by atoms with E-state index in [9.17, 15) is 4.79 Å². The maximum Gasteiger partial charge on any atom is 0.274 e. The first kappa shape index (κ1) is 21.9. The van der Waals surface area contributed by atoms with E-state index in [-0.39, 0.29) is 5.91 Å². The van der Waals surface area contributed by atoms with Crippen molar-refractivity contribution in [1.29, 1.82) is 0 Å². The number of nitrogens with one attached hydrogen (secondary N) is 1. The van der Waals surface area contributed by atoms with Gasteiger partial charge in [-0.25, -0.2) is 15.4 Å². The summed E-state index contributed by atoms with van der Waals surface area (Å²) in [6.07, 6.45) is 3.59. The molecule has 0 fully saturated rings. The van der Waals surface area contributed by atoms with Crippen molar-refractivity contribution in [3.63, 3.8) is 0 Å². The van der Waals surface area contributed by atoms with Gasteiger partial charge in [0, 0.05) is 30.5 Å². The van der Waals surface area contributed by atoms with Crippen LogP contribution in [0.2, 0.25) is 5.15 Å². The number of carbonyl (C=O) groups excluding carboxylic acids is 1. The molecule has 0 bridgehead atoms. The molecule has 0 aliphatic carbocycles. The Bertz CT molecular complexity index is 822. The zero-order valence-electron chi connectivity index (χ0n) is 15.7. The standard InChI is InChI=1S/C20H23ClN4O2S/c1-4-10-25(11-5-2)18-13-17(21)22-20(23-18)28-14-15-8-7-9-16(12-15)19(26)24-27-6-3/h4-5,7-9,12-13H,1-2,6,10-11,14H2,3H3,(H,24,26). The molecule has 28 heavy (non-hydrogen) atoms. The quantitative estimate of drug-likeness (QED) is 0.193. The van der Waals surface area contributed by atoms with Crippen molar-refractivity contribution in [1.82, 2.24) is 15.4 Å². The number of carbonyl (C=O) groups is 1. The molecule has 0 radical (unpaired) electrons. The molecule has 1 amide bonds. The second kappa shape index (κ2) is 11.5. The number of benzene rings is 1. The van der Waals surface area contributed by atoms with E-state index in [2.05, 4.69) is 28.6 Å². The molecule has 2 rings (SSSR count). The number of anilines is 1. The van der Waals surface area contributed by atoms with E-state index < -0.39 is 0 Å². The van der Waals surface area contributed by atoms with Gasteiger partial charge in [-0.05, 0) is 24.6 Å². The molecular weight excluding hydrogens is 396 g/mol. The maximum absolute atomic E-state index is 12.0. The molecule has 0 aliphatic rings. The summed E-state index contributed by atoms with van der Waals surface area (Å²) in [5, 5.41) is 0.931. The van der Waals surface area contributed by atoms with Crippen LogP contribution in [0, 0.1) is 0 Å². The Morgan fingerprint density at radius 3 is 2.71 bits per heavy atom. The lowest BCUT2D eigenvalue weighted by Crippen LogP contribution is -2.24. The van der Waals surface area contributed by atoms with Crippen molar-refractivity contribution in [2.24, 2.45) is 0 Å². The first-order chi connectivity index (χ1) is 13.6. The van der Waals surface area contributed by atoms with Crippen LogP contribution >= 0.6 is 23.4 Å². The number of halogens is 1. The van der Waals surface area contributed by atoms with Crippen LogP contribution in [0.15, 0.2) is 60.8 Å². The average Bonchev–Trinajstić information content (AvgIpc) is 2.70. The highest BCUT2D eigenvalue weighted by atomic mass is 35.5. The van der Waals surface area contributed by atoms with E-state index in [0.717, 1.165) is 5.56 Å². The van der Waals surface area contributed by atoms with Gasteiger partial charge in [0.2, 0.25) is 0 Å². The smallest absolute Gasteiger partial charge is 0.274 e. The lowest BCUT2D eigenvalue weighted by Gasteiger charge is -2.20. The molecule has 148 valence electrons. The van der Waals surface area contributed by atoms with Gasteiger partial charge in [0.25, 0.3) is 5.91 Å². The van der Waals surface area contributed by atoms with Crippen molar-refractivity contribution < 1.29 is 9.63 Å². The summed E-state index contributed by atoms with van der Waals surface area (Å²) in [5.41, 5.74) is 3.89. The molecule has 1 N–H and O–H groups in total. The normalized spacial score (nSPS) is 10.4. The Morgan fingerprint density at radius 1 is 1.29 bits per heavy atom. The summed E-state index contributed by atoms with van der Waals surface area (Å²) in [5.74, 6) is 1.03. The lowest BCUT2D eigenvalue weighted by atomic mass is 10.1. The molecule has 0 atom stereocenters. The summed E-state index contributed by atoms with van der Waals surface area (Å²) >= 11 is 7.63. The van der Waals surface area contributed by atoms with Crippen molar-refractivity contribution >= 4 is 35.1 Å². The monoisotopic (exact) mass is 418 g/mol. The first-order valence-corrected chi connectivity index (χ1v) is 10.1. The van der Waals surface area contributed by atoms with Gasteiger partial charge in [0.15, 0.2) is 5.16 Å². The molecule has 1 heterocycles. The molecule has 8 heteroatoms. The van der Waals surface area contributed by atoms with Gasteiger partial charge in [-0.1, -0.05) is 47.6 Å². The third-order valence-corrected chi connectivity index (χ3v) is 4.66. The Labute approximate surface area is 174 Å². The molecular formula is C20H23ClN4O2S. The number of thioether (sulfide) groups is 1. The van der Waals surface area contributed by atoms with E-state index in [1.54, 1.807) is 31.2 Å². The fraction of sp³-hybridized carbons (Fsp3) is 0.250. The number of rotatable bonds is 11. The molecule has 0 aliphatic heterocycles. The summed E-state index contributed by atoms with van der Waals surface area (Å²) < 4.78 is 0. The van der Waals surface area contributed by atoms with Crippen LogP contribution in [0.3, 0.4) is 0 Å². The molecule has 2 aromatic rings. The SMILES string of the molecule is C=CCN(CC=C)c1cc(Cl)nc(SCc2cccc(C(=O)NOCC)c2)n1. The highest BCUT2D eigenvalue weighted by Crippen LogP contribution is 2.25. The van der Waals surface area contributed by atoms with E-state index in [0.29, 0.717) is 47.1 Å². The van der Waals surface area contributed by atoms with Gasteiger partial charge < -0.3 is 4.90 Å². The summed E-state index contributed by atoms with van der Waals surface area (Å²) in [4.78, 5) is 27.8. The van der Waals surface area contributed by atoms with Crippen LogP contribution in [0.1, 0.15) is 22.8 Å². The van der Waals surface area contributed by atoms with Gasteiger partial charge >= 0.3 is 0 Å². The minimum atomic E-state index is -0.278. The van der Waals surface area contributed by atoms with E-state index in [4.69, 9.17) is 16.4 Å². The average molecular weight is 419 g/mol. The number of hydrogen-bond acceptors (Lipinski definition) is 6. The van der Waals surface area contributed by atoms with E-state index in [1.165, 1.54) is 11.8 Å². The molecule has 0 spiro atoms. The highest BCUT2D eigenvalue weighted by molar-refractivity contribution is 7.98. The third kappa shape index (κ3) is 6.67. The molecule has 0 saturated carbocycles. The number of aromatic nitrogens is 2. The van der Waals surface area contributed by atoms with Gasteiger partial charge in [0.05, 0.1) is 6.61 Å². The van der Waals surface area contributed by atoms with Crippen LogP contribution in [0.4, 0.5) is 5.82 Å². The largest absolute Gasteiger partial charge is 0.349 e.